The Kier molecular flexibility index (Phi) is 4.26. The molecule has 2 aromatic rings. The van der Waals surface area contributed by atoms with Crippen LogP contribution in [-0.4, -0.2) is 25.9 Å². The number of Topliss-reactive ketones (excluding diaryl/α,β-unsaturated/α-hetero) is 1. The number of hydrogen-bond acceptors (Lipinski definition) is 5. The molecule has 0 amide bonds. The van der Waals surface area contributed by atoms with Crippen molar-refractivity contribution in [1.29, 1.82) is 0 Å². The molecule has 0 aliphatic heterocycles. The van der Waals surface area contributed by atoms with Gasteiger partial charge in [0, 0.05) is 11.1 Å². The smallest absolute Gasteiger partial charge is 0.189 e. The van der Waals surface area contributed by atoms with Gasteiger partial charge in [0.15, 0.2) is 5.78 Å². The number of ketones is 1. The van der Waals surface area contributed by atoms with E-state index in [-0.39, 0.29) is 11.5 Å². The van der Waals surface area contributed by atoms with E-state index in [0.29, 0.717) is 23.1 Å². The Bertz CT molecular complexity index is 942. The highest BCUT2D eigenvalue weighted by atomic mass is 32.2. The molecule has 0 atom stereocenters. The van der Waals surface area contributed by atoms with Gasteiger partial charge in [-0.1, -0.05) is 30.3 Å². The summed E-state index contributed by atoms with van der Waals surface area (Å²) >= 11 is 0. The number of carbonyl (C=O) groups excluding carboxylic acids is 1. The average Bonchev–Trinajstić information content (AvgIpc) is 2.57. The van der Waals surface area contributed by atoms with E-state index in [4.69, 9.17) is 4.74 Å². The fraction of sp³-hybridized carbons (Fsp3) is 0.167. The molecule has 24 heavy (non-hydrogen) atoms. The number of fused-ring (bicyclic) bond motifs is 1. The van der Waals surface area contributed by atoms with Gasteiger partial charge in [0.1, 0.15) is 15.9 Å². The molecule has 124 valence electrons. The second kappa shape index (κ2) is 6.22. The first kappa shape index (κ1) is 16.4. The predicted molar refractivity (Wildman–Crippen MR) is 88.0 cm³/mol. The summed E-state index contributed by atoms with van der Waals surface area (Å²) < 4.78 is 39.0. The van der Waals surface area contributed by atoms with Crippen molar-refractivity contribution < 1.29 is 22.5 Å². The third-order valence-electron chi connectivity index (χ3n) is 4.02. The SMILES string of the molecule is COc1ccc(/C=C2/CCc3ccccc3C2=O)cc1S(=O)(=O)[O-]. The van der Waals surface area contributed by atoms with Crippen molar-refractivity contribution in [1.82, 2.24) is 0 Å². The molecule has 5 nitrogen and oxygen atoms in total. The minimum atomic E-state index is -4.66. The normalized spacial score (nSPS) is 16.1. The van der Waals surface area contributed by atoms with Crippen LogP contribution in [0.3, 0.4) is 0 Å². The first-order chi connectivity index (χ1) is 11.4. The van der Waals surface area contributed by atoms with Gasteiger partial charge in [-0.25, -0.2) is 8.42 Å². The predicted octanol–water partition coefficient (Wildman–Crippen LogP) is 2.81. The first-order valence-electron chi connectivity index (χ1n) is 7.37. The lowest BCUT2D eigenvalue weighted by molar-refractivity contribution is 0.102. The number of aryl methyl sites for hydroxylation is 1. The van der Waals surface area contributed by atoms with Crippen molar-refractivity contribution in [3.63, 3.8) is 0 Å². The fourth-order valence-corrected chi connectivity index (χ4v) is 3.51. The Balaban J connectivity index is 2.03. The Morgan fingerprint density at radius 3 is 2.58 bits per heavy atom. The number of methoxy groups -OCH3 is 1. The molecule has 0 fully saturated rings. The lowest BCUT2D eigenvalue weighted by Gasteiger charge is -2.17. The van der Waals surface area contributed by atoms with Crippen molar-refractivity contribution in [2.45, 2.75) is 17.7 Å². The summed E-state index contributed by atoms with van der Waals surface area (Å²) in [7, 11) is -3.36. The number of ether oxygens (including phenoxy) is 1. The summed E-state index contributed by atoms with van der Waals surface area (Å²) in [6.07, 6.45) is 2.95. The molecule has 0 radical (unpaired) electrons. The quantitative estimate of drug-likeness (QED) is 0.632. The van der Waals surface area contributed by atoms with Crippen LogP contribution in [-0.2, 0) is 16.5 Å². The van der Waals surface area contributed by atoms with Gasteiger partial charge in [0.25, 0.3) is 0 Å². The van der Waals surface area contributed by atoms with Gasteiger partial charge < -0.3 is 9.29 Å². The van der Waals surface area contributed by atoms with Crippen molar-refractivity contribution in [2.24, 2.45) is 0 Å². The molecule has 0 N–H and O–H groups in total. The van der Waals surface area contributed by atoms with Gasteiger partial charge in [0.05, 0.1) is 12.0 Å². The van der Waals surface area contributed by atoms with Crippen LogP contribution in [0, 0.1) is 0 Å². The molecule has 1 aliphatic rings. The van der Waals surface area contributed by atoms with Crippen LogP contribution in [0.4, 0.5) is 0 Å². The minimum Gasteiger partial charge on any atom is -0.744 e. The van der Waals surface area contributed by atoms with E-state index in [1.165, 1.54) is 19.2 Å². The topological polar surface area (TPSA) is 83.5 Å². The number of hydrogen-bond donors (Lipinski definition) is 0. The summed E-state index contributed by atoms with van der Waals surface area (Å²) in [5.74, 6) is -0.0772. The Labute approximate surface area is 140 Å². The van der Waals surface area contributed by atoms with Crippen LogP contribution in [0.25, 0.3) is 6.08 Å². The summed E-state index contributed by atoms with van der Waals surface area (Å²) in [6.45, 7) is 0. The standard InChI is InChI=1S/C18H16O5S/c1-23-16-9-6-12(11-17(16)24(20,21)22)10-14-8-7-13-4-2-3-5-15(13)18(14)19/h2-6,9-11H,7-8H2,1H3,(H,20,21,22)/p-1/b14-10-. The summed E-state index contributed by atoms with van der Waals surface area (Å²) in [5, 5.41) is 0. The maximum absolute atomic E-state index is 12.6. The van der Waals surface area contributed by atoms with Crippen molar-refractivity contribution in [2.75, 3.05) is 7.11 Å². The van der Waals surface area contributed by atoms with Gasteiger partial charge in [-0.3, -0.25) is 4.79 Å². The number of rotatable bonds is 3. The van der Waals surface area contributed by atoms with E-state index in [0.717, 1.165) is 12.0 Å². The zero-order chi connectivity index (χ0) is 17.3. The highest BCUT2D eigenvalue weighted by Gasteiger charge is 2.21. The summed E-state index contributed by atoms with van der Waals surface area (Å²) in [4.78, 5) is 12.1. The highest BCUT2D eigenvalue weighted by Crippen LogP contribution is 2.29. The maximum Gasteiger partial charge on any atom is 0.189 e. The average molecular weight is 343 g/mol. The van der Waals surface area contributed by atoms with Gasteiger partial charge >= 0.3 is 0 Å². The molecule has 1 aliphatic carbocycles. The number of benzene rings is 2. The van der Waals surface area contributed by atoms with Crippen LogP contribution in [0.2, 0.25) is 0 Å². The van der Waals surface area contributed by atoms with Crippen LogP contribution in [0.15, 0.2) is 52.9 Å². The summed E-state index contributed by atoms with van der Waals surface area (Å²) in [5.41, 5.74) is 2.75. The largest absolute Gasteiger partial charge is 0.744 e. The van der Waals surface area contributed by atoms with Gasteiger partial charge in [0.2, 0.25) is 0 Å². The summed E-state index contributed by atoms with van der Waals surface area (Å²) in [6, 6.07) is 11.7. The lowest BCUT2D eigenvalue weighted by atomic mass is 9.86. The molecule has 0 saturated carbocycles. The van der Waals surface area contributed by atoms with Gasteiger partial charge in [-0.2, -0.15) is 0 Å². The van der Waals surface area contributed by atoms with E-state index < -0.39 is 15.0 Å². The van der Waals surface area contributed by atoms with E-state index in [1.54, 1.807) is 18.2 Å². The molecule has 0 saturated heterocycles. The van der Waals surface area contributed by atoms with Crippen molar-refractivity contribution in [3.05, 3.63) is 64.7 Å². The molecule has 3 rings (SSSR count). The molecular formula is C18H15O5S-. The molecule has 0 unspecified atom stereocenters. The Morgan fingerprint density at radius 1 is 1.12 bits per heavy atom. The minimum absolute atomic E-state index is 0.00698. The van der Waals surface area contributed by atoms with Crippen LogP contribution in [0.5, 0.6) is 5.75 Å². The van der Waals surface area contributed by atoms with Gasteiger partial charge in [-0.05, 0) is 42.2 Å². The third kappa shape index (κ3) is 3.11. The molecule has 2 aromatic carbocycles. The molecule has 0 bridgehead atoms. The Morgan fingerprint density at radius 2 is 1.88 bits per heavy atom. The molecular weight excluding hydrogens is 328 g/mol. The molecule has 0 heterocycles. The van der Waals surface area contributed by atoms with Crippen molar-refractivity contribution >= 4 is 22.0 Å². The third-order valence-corrected chi connectivity index (χ3v) is 4.87. The zero-order valence-corrected chi connectivity index (χ0v) is 13.8. The second-order valence-electron chi connectivity index (χ2n) is 5.52. The Hall–Kier alpha value is -2.44. The monoisotopic (exact) mass is 343 g/mol. The zero-order valence-electron chi connectivity index (χ0n) is 13.0. The first-order valence-corrected chi connectivity index (χ1v) is 8.78. The van der Waals surface area contributed by atoms with Crippen molar-refractivity contribution in [3.8, 4) is 5.75 Å². The molecule has 0 spiro atoms. The maximum atomic E-state index is 12.6. The van der Waals surface area contributed by atoms with Crippen LogP contribution >= 0.6 is 0 Å². The fourth-order valence-electron chi connectivity index (χ4n) is 2.83. The lowest BCUT2D eigenvalue weighted by Crippen LogP contribution is -2.13. The van der Waals surface area contributed by atoms with E-state index in [2.05, 4.69) is 0 Å². The van der Waals surface area contributed by atoms with Crippen LogP contribution in [0.1, 0.15) is 27.9 Å². The van der Waals surface area contributed by atoms with E-state index >= 15 is 0 Å². The van der Waals surface area contributed by atoms with Gasteiger partial charge in [-0.15, -0.1) is 0 Å². The van der Waals surface area contributed by atoms with E-state index in [1.807, 2.05) is 18.2 Å². The number of allylic oxidation sites excluding steroid dienone is 1. The molecule has 6 heteroatoms. The van der Waals surface area contributed by atoms with Crippen LogP contribution < -0.4 is 4.74 Å². The number of carbonyl (C=O) groups is 1. The highest BCUT2D eigenvalue weighted by molar-refractivity contribution is 7.85. The molecule has 0 aromatic heterocycles. The second-order valence-corrected chi connectivity index (χ2v) is 6.87. The van der Waals surface area contributed by atoms with E-state index in [9.17, 15) is 17.8 Å².